The van der Waals surface area contributed by atoms with E-state index in [-0.39, 0.29) is 5.91 Å². The maximum Gasteiger partial charge on any atom is 0.257 e. The third kappa shape index (κ3) is 3.30. The van der Waals surface area contributed by atoms with Gasteiger partial charge in [-0.05, 0) is 24.3 Å². The molecule has 6 heteroatoms. The number of anilines is 1. The number of piperazine rings is 1. The molecule has 2 aromatic carbocycles. The normalized spacial score (nSPS) is 14.6. The molecule has 3 rings (SSSR count). The number of benzene rings is 2. The van der Waals surface area contributed by atoms with Crippen molar-refractivity contribution >= 4 is 34.8 Å². The van der Waals surface area contributed by atoms with Gasteiger partial charge in [-0.25, -0.2) is 0 Å². The molecular formula is C18H18Cl2N2O2. The minimum absolute atomic E-state index is 0.0163. The van der Waals surface area contributed by atoms with Gasteiger partial charge in [-0.2, -0.15) is 0 Å². The largest absolute Gasteiger partial charge is 0.496 e. The molecule has 0 saturated carbocycles. The number of methoxy groups -OCH3 is 1. The third-order valence-corrected chi connectivity index (χ3v) is 4.77. The molecular weight excluding hydrogens is 347 g/mol. The molecule has 1 heterocycles. The van der Waals surface area contributed by atoms with Crippen LogP contribution in [0.5, 0.6) is 5.75 Å². The molecule has 0 radical (unpaired) electrons. The molecule has 24 heavy (non-hydrogen) atoms. The fourth-order valence-corrected chi connectivity index (χ4v) is 3.55. The van der Waals surface area contributed by atoms with Gasteiger partial charge in [-0.15, -0.1) is 0 Å². The summed E-state index contributed by atoms with van der Waals surface area (Å²) in [7, 11) is 1.57. The lowest BCUT2D eigenvalue weighted by molar-refractivity contribution is 0.0743. The molecule has 0 aromatic heterocycles. The Labute approximate surface area is 151 Å². The summed E-state index contributed by atoms with van der Waals surface area (Å²) in [4.78, 5) is 16.7. The molecule has 0 unspecified atom stereocenters. The van der Waals surface area contributed by atoms with Crippen LogP contribution in [0.15, 0.2) is 42.5 Å². The molecule has 126 valence electrons. The van der Waals surface area contributed by atoms with Crippen LogP contribution >= 0.6 is 23.2 Å². The summed E-state index contributed by atoms with van der Waals surface area (Å²) < 4.78 is 5.29. The van der Waals surface area contributed by atoms with E-state index in [2.05, 4.69) is 4.90 Å². The van der Waals surface area contributed by atoms with Crippen LogP contribution in [0.4, 0.5) is 5.69 Å². The van der Waals surface area contributed by atoms with Crippen molar-refractivity contribution in [2.75, 3.05) is 38.2 Å². The van der Waals surface area contributed by atoms with Crippen molar-refractivity contribution < 1.29 is 9.53 Å². The van der Waals surface area contributed by atoms with Gasteiger partial charge in [-0.1, -0.05) is 41.4 Å². The lowest BCUT2D eigenvalue weighted by Crippen LogP contribution is -2.49. The van der Waals surface area contributed by atoms with E-state index < -0.39 is 0 Å². The van der Waals surface area contributed by atoms with E-state index in [1.54, 1.807) is 19.2 Å². The van der Waals surface area contributed by atoms with Crippen molar-refractivity contribution in [2.24, 2.45) is 0 Å². The third-order valence-electron chi connectivity index (χ3n) is 4.16. The van der Waals surface area contributed by atoms with Crippen LogP contribution in [-0.4, -0.2) is 44.1 Å². The van der Waals surface area contributed by atoms with E-state index in [9.17, 15) is 4.79 Å². The molecule has 1 aliphatic heterocycles. The maximum absolute atomic E-state index is 12.7. The molecule has 0 atom stereocenters. The van der Waals surface area contributed by atoms with Gasteiger partial charge in [0.2, 0.25) is 0 Å². The first-order valence-corrected chi connectivity index (χ1v) is 8.48. The number of halogens is 2. The summed E-state index contributed by atoms with van der Waals surface area (Å²) in [6.07, 6.45) is 0. The molecule has 1 saturated heterocycles. The number of hydrogen-bond donors (Lipinski definition) is 0. The number of carbonyl (C=O) groups excluding carboxylic acids is 1. The van der Waals surface area contributed by atoms with Gasteiger partial charge < -0.3 is 14.5 Å². The number of amides is 1. The van der Waals surface area contributed by atoms with Crippen LogP contribution in [0.2, 0.25) is 10.0 Å². The van der Waals surface area contributed by atoms with Crippen LogP contribution in [0, 0.1) is 0 Å². The van der Waals surface area contributed by atoms with Gasteiger partial charge in [0, 0.05) is 26.2 Å². The fourth-order valence-electron chi connectivity index (χ4n) is 2.92. The lowest BCUT2D eigenvalue weighted by Gasteiger charge is -2.37. The van der Waals surface area contributed by atoms with Crippen molar-refractivity contribution in [2.45, 2.75) is 0 Å². The zero-order valence-corrected chi connectivity index (χ0v) is 14.8. The van der Waals surface area contributed by atoms with Crippen molar-refractivity contribution in [1.82, 2.24) is 4.90 Å². The van der Waals surface area contributed by atoms with Gasteiger partial charge >= 0.3 is 0 Å². The molecule has 2 aromatic rings. The molecule has 1 amide bonds. The molecule has 0 aliphatic carbocycles. The Morgan fingerprint density at radius 1 is 0.958 bits per heavy atom. The van der Waals surface area contributed by atoms with E-state index in [4.69, 9.17) is 27.9 Å². The summed E-state index contributed by atoms with van der Waals surface area (Å²) in [6, 6.07) is 12.8. The highest BCUT2D eigenvalue weighted by Crippen LogP contribution is 2.34. The summed E-state index contributed by atoms with van der Waals surface area (Å²) in [6.45, 7) is 2.59. The second-order valence-corrected chi connectivity index (χ2v) is 6.36. The van der Waals surface area contributed by atoms with Gasteiger partial charge in [0.1, 0.15) is 5.75 Å². The number of carbonyl (C=O) groups is 1. The molecule has 0 bridgehead atoms. The number of rotatable bonds is 3. The number of para-hydroxylation sites is 2. The Morgan fingerprint density at radius 3 is 2.21 bits per heavy atom. The van der Waals surface area contributed by atoms with E-state index in [1.165, 1.54) is 0 Å². The summed E-state index contributed by atoms with van der Waals surface area (Å²) >= 11 is 12.5. The standard InChI is InChI=1S/C18H18Cl2N2O2/c1-24-16-8-3-2-5-13(16)18(23)22-11-9-21(10-12-22)17-14(19)6-4-7-15(17)20/h2-8H,9-12H2,1H3. The first-order chi connectivity index (χ1) is 11.6. The Hall–Kier alpha value is -1.91. The topological polar surface area (TPSA) is 32.8 Å². The highest BCUT2D eigenvalue weighted by molar-refractivity contribution is 6.39. The summed E-state index contributed by atoms with van der Waals surface area (Å²) in [5.41, 5.74) is 1.43. The maximum atomic E-state index is 12.7. The van der Waals surface area contributed by atoms with Crippen molar-refractivity contribution in [3.05, 3.63) is 58.1 Å². The highest BCUT2D eigenvalue weighted by Gasteiger charge is 2.25. The number of nitrogens with zero attached hydrogens (tertiary/aromatic N) is 2. The first-order valence-electron chi connectivity index (χ1n) is 7.73. The monoisotopic (exact) mass is 364 g/mol. The van der Waals surface area contributed by atoms with Gasteiger partial charge in [-0.3, -0.25) is 4.79 Å². The fraction of sp³-hybridized carbons (Fsp3) is 0.278. The quantitative estimate of drug-likeness (QED) is 0.825. The zero-order chi connectivity index (χ0) is 17.1. The Kier molecular flexibility index (Phi) is 5.17. The minimum Gasteiger partial charge on any atom is -0.496 e. The Bertz CT molecular complexity index is 723. The highest BCUT2D eigenvalue weighted by atomic mass is 35.5. The van der Waals surface area contributed by atoms with E-state index in [0.717, 1.165) is 5.69 Å². The predicted octanol–water partition coefficient (Wildman–Crippen LogP) is 3.96. The van der Waals surface area contributed by atoms with E-state index in [1.807, 2.05) is 35.2 Å². The van der Waals surface area contributed by atoms with Gasteiger partial charge in [0.05, 0.1) is 28.4 Å². The Balaban J connectivity index is 1.72. The molecule has 0 N–H and O–H groups in total. The van der Waals surface area contributed by atoms with E-state index in [0.29, 0.717) is 47.5 Å². The van der Waals surface area contributed by atoms with Gasteiger partial charge in [0.15, 0.2) is 0 Å². The average molecular weight is 365 g/mol. The zero-order valence-electron chi connectivity index (χ0n) is 13.3. The molecule has 4 nitrogen and oxygen atoms in total. The van der Waals surface area contributed by atoms with Gasteiger partial charge in [0.25, 0.3) is 5.91 Å². The molecule has 1 fully saturated rings. The lowest BCUT2D eigenvalue weighted by atomic mass is 10.1. The second-order valence-electron chi connectivity index (χ2n) is 5.55. The summed E-state index contributed by atoms with van der Waals surface area (Å²) in [5, 5.41) is 1.26. The minimum atomic E-state index is -0.0163. The van der Waals surface area contributed by atoms with Crippen LogP contribution in [-0.2, 0) is 0 Å². The average Bonchev–Trinajstić information content (AvgIpc) is 2.61. The molecule has 1 aliphatic rings. The SMILES string of the molecule is COc1ccccc1C(=O)N1CCN(c2c(Cl)cccc2Cl)CC1. The summed E-state index contributed by atoms with van der Waals surface area (Å²) in [5.74, 6) is 0.580. The number of hydrogen-bond acceptors (Lipinski definition) is 3. The molecule has 0 spiro atoms. The number of ether oxygens (including phenoxy) is 1. The smallest absolute Gasteiger partial charge is 0.257 e. The van der Waals surface area contributed by atoms with Crippen molar-refractivity contribution in [1.29, 1.82) is 0 Å². The van der Waals surface area contributed by atoms with Crippen molar-refractivity contribution in [3.8, 4) is 5.75 Å². The van der Waals surface area contributed by atoms with Crippen LogP contribution in [0.25, 0.3) is 0 Å². The van der Waals surface area contributed by atoms with Crippen LogP contribution in [0.3, 0.4) is 0 Å². The second kappa shape index (κ2) is 7.32. The van der Waals surface area contributed by atoms with Crippen LogP contribution in [0.1, 0.15) is 10.4 Å². The first kappa shape index (κ1) is 16.9. The predicted molar refractivity (Wildman–Crippen MR) is 97.6 cm³/mol. The van der Waals surface area contributed by atoms with Crippen LogP contribution < -0.4 is 9.64 Å². The van der Waals surface area contributed by atoms with Crippen molar-refractivity contribution in [3.63, 3.8) is 0 Å². The Morgan fingerprint density at radius 2 is 1.58 bits per heavy atom. The van der Waals surface area contributed by atoms with E-state index >= 15 is 0 Å².